The molecule has 35 heavy (non-hydrogen) atoms. The quantitative estimate of drug-likeness (QED) is 0.397. The van der Waals surface area contributed by atoms with Crippen LogP contribution in [0.25, 0.3) is 11.0 Å². The van der Waals surface area contributed by atoms with Crippen LogP contribution in [0.1, 0.15) is 25.1 Å². The Labute approximate surface area is 204 Å². The van der Waals surface area contributed by atoms with E-state index in [-0.39, 0.29) is 24.3 Å². The summed E-state index contributed by atoms with van der Waals surface area (Å²) >= 11 is 0. The normalized spacial score (nSPS) is 15.5. The Kier molecular flexibility index (Phi) is 6.23. The molecule has 5 rings (SSSR count). The number of anilines is 2. The molecule has 1 aromatic heterocycles. The van der Waals surface area contributed by atoms with Gasteiger partial charge in [0.25, 0.3) is 0 Å². The number of carbonyl (C=O) groups is 2. The minimum absolute atomic E-state index is 0.0468. The molecule has 2 amide bonds. The number of rotatable bonds is 7. The molecule has 7 nitrogen and oxygen atoms in total. The highest BCUT2D eigenvalue weighted by Crippen LogP contribution is 2.34. The first-order valence-corrected chi connectivity index (χ1v) is 11.8. The molecule has 1 fully saturated rings. The van der Waals surface area contributed by atoms with Gasteiger partial charge in [-0.3, -0.25) is 9.59 Å². The van der Waals surface area contributed by atoms with Crippen LogP contribution in [0.5, 0.6) is 5.75 Å². The number of hydrogen-bond acceptors (Lipinski definition) is 4. The summed E-state index contributed by atoms with van der Waals surface area (Å²) in [7, 11) is 1.78. The molecule has 2 heterocycles. The monoisotopic (exact) mass is 468 g/mol. The summed E-state index contributed by atoms with van der Waals surface area (Å²) in [5, 5.41) is 0. The first kappa shape index (κ1) is 22.7. The van der Waals surface area contributed by atoms with Crippen molar-refractivity contribution in [3.8, 4) is 5.75 Å². The van der Waals surface area contributed by atoms with Gasteiger partial charge in [0.15, 0.2) is 0 Å². The van der Waals surface area contributed by atoms with Crippen LogP contribution < -0.4 is 14.5 Å². The van der Waals surface area contributed by atoms with Gasteiger partial charge in [-0.1, -0.05) is 30.3 Å². The third-order valence-corrected chi connectivity index (χ3v) is 6.44. The van der Waals surface area contributed by atoms with E-state index in [4.69, 9.17) is 9.72 Å². The molecule has 0 saturated carbocycles. The maximum Gasteiger partial charge on any atom is 0.246 e. The van der Waals surface area contributed by atoms with E-state index in [1.54, 1.807) is 16.8 Å². The van der Waals surface area contributed by atoms with Gasteiger partial charge in [-0.05, 0) is 55.5 Å². The molecule has 4 aromatic rings. The predicted octanol–water partition coefficient (Wildman–Crippen LogP) is 4.62. The topological polar surface area (TPSA) is 67.7 Å². The first-order chi connectivity index (χ1) is 17.0. The molecule has 0 spiro atoms. The molecule has 1 atom stereocenters. The summed E-state index contributed by atoms with van der Waals surface area (Å²) in [6.07, 6.45) is 0.346. The van der Waals surface area contributed by atoms with Crippen molar-refractivity contribution in [3.05, 3.63) is 84.7 Å². The molecule has 178 valence electrons. The first-order valence-electron chi connectivity index (χ1n) is 11.8. The number of ether oxygens (including phenoxy) is 1. The minimum atomic E-state index is -0.115. The maximum absolute atomic E-state index is 13.2. The van der Waals surface area contributed by atoms with Crippen molar-refractivity contribution in [1.29, 1.82) is 0 Å². The lowest BCUT2D eigenvalue weighted by atomic mass is 10.1. The fourth-order valence-corrected chi connectivity index (χ4v) is 4.63. The van der Waals surface area contributed by atoms with E-state index >= 15 is 0 Å². The summed E-state index contributed by atoms with van der Waals surface area (Å²) in [6.45, 7) is 3.20. The molecule has 7 heteroatoms. The molecule has 0 bridgehead atoms. The van der Waals surface area contributed by atoms with E-state index in [1.807, 2.05) is 90.4 Å². The van der Waals surface area contributed by atoms with Crippen LogP contribution in [0.2, 0.25) is 0 Å². The van der Waals surface area contributed by atoms with Gasteiger partial charge in [0, 0.05) is 37.3 Å². The van der Waals surface area contributed by atoms with E-state index < -0.39 is 0 Å². The largest absolute Gasteiger partial charge is 0.494 e. The van der Waals surface area contributed by atoms with Gasteiger partial charge in [-0.15, -0.1) is 0 Å². The molecule has 1 unspecified atom stereocenters. The number of amides is 2. The van der Waals surface area contributed by atoms with Gasteiger partial charge >= 0.3 is 0 Å². The molecule has 3 aromatic carbocycles. The van der Waals surface area contributed by atoms with E-state index in [0.717, 1.165) is 34.0 Å². The minimum Gasteiger partial charge on any atom is -0.494 e. The Morgan fingerprint density at radius 1 is 1.03 bits per heavy atom. The molecule has 0 N–H and O–H groups in total. The third-order valence-electron chi connectivity index (χ3n) is 6.44. The second-order valence-electron chi connectivity index (χ2n) is 8.67. The summed E-state index contributed by atoms with van der Waals surface area (Å²) in [4.78, 5) is 34.6. The standard InChI is InChI=1S/C28H28N4O3/c1-3-35-23-15-13-22(14-16-23)31-18-20(17-26(31)33)28-29-24-11-7-8-12-25(24)32(28)19-27(34)30(2)21-9-5-4-6-10-21/h4-16,20H,3,17-19H2,1-2H3. The summed E-state index contributed by atoms with van der Waals surface area (Å²) in [6, 6.07) is 25.0. The summed E-state index contributed by atoms with van der Waals surface area (Å²) in [5.41, 5.74) is 3.39. The van der Waals surface area contributed by atoms with Crippen molar-refractivity contribution in [1.82, 2.24) is 9.55 Å². The lowest BCUT2D eigenvalue weighted by molar-refractivity contribution is -0.119. The van der Waals surface area contributed by atoms with Gasteiger partial charge < -0.3 is 19.1 Å². The van der Waals surface area contributed by atoms with Crippen LogP contribution in [-0.2, 0) is 16.1 Å². The zero-order valence-corrected chi connectivity index (χ0v) is 19.9. The van der Waals surface area contributed by atoms with E-state index in [2.05, 4.69) is 0 Å². The molecule has 0 radical (unpaired) electrons. The van der Waals surface area contributed by atoms with Crippen LogP contribution in [0.15, 0.2) is 78.9 Å². The number of fused-ring (bicyclic) bond motifs is 1. The smallest absolute Gasteiger partial charge is 0.246 e. The highest BCUT2D eigenvalue weighted by molar-refractivity contribution is 5.97. The lowest BCUT2D eigenvalue weighted by Crippen LogP contribution is -2.31. The number of nitrogens with zero attached hydrogens (tertiary/aromatic N) is 4. The second-order valence-corrected chi connectivity index (χ2v) is 8.67. The van der Waals surface area contributed by atoms with Crippen molar-refractivity contribution in [2.24, 2.45) is 0 Å². The summed E-state index contributed by atoms with van der Waals surface area (Å²) < 4.78 is 7.49. The number of likely N-dealkylation sites (N-methyl/N-ethyl adjacent to an activating group) is 1. The van der Waals surface area contributed by atoms with Crippen LogP contribution in [0, 0.1) is 0 Å². The van der Waals surface area contributed by atoms with E-state index in [9.17, 15) is 9.59 Å². The van der Waals surface area contributed by atoms with Crippen molar-refractivity contribution >= 4 is 34.2 Å². The number of hydrogen-bond donors (Lipinski definition) is 0. The average molecular weight is 469 g/mol. The second kappa shape index (κ2) is 9.62. The van der Waals surface area contributed by atoms with Crippen molar-refractivity contribution in [2.75, 3.05) is 30.0 Å². The van der Waals surface area contributed by atoms with Gasteiger partial charge in [0.05, 0.1) is 17.6 Å². The molecular weight excluding hydrogens is 440 g/mol. The van der Waals surface area contributed by atoms with Gasteiger partial charge in [-0.25, -0.2) is 4.98 Å². The average Bonchev–Trinajstić information content (AvgIpc) is 3.45. The highest BCUT2D eigenvalue weighted by atomic mass is 16.5. The Morgan fingerprint density at radius 3 is 2.49 bits per heavy atom. The Morgan fingerprint density at radius 2 is 1.74 bits per heavy atom. The maximum atomic E-state index is 13.2. The molecule has 1 saturated heterocycles. The van der Waals surface area contributed by atoms with Crippen molar-refractivity contribution in [2.45, 2.75) is 25.8 Å². The molecular formula is C28H28N4O3. The molecule has 0 aliphatic carbocycles. The number of para-hydroxylation sites is 3. The Balaban J connectivity index is 1.43. The summed E-state index contributed by atoms with van der Waals surface area (Å²) in [5.74, 6) is 1.43. The Bertz CT molecular complexity index is 1350. The van der Waals surface area contributed by atoms with Gasteiger partial charge in [0.2, 0.25) is 11.8 Å². The zero-order valence-electron chi connectivity index (χ0n) is 19.9. The predicted molar refractivity (Wildman–Crippen MR) is 137 cm³/mol. The van der Waals surface area contributed by atoms with Gasteiger partial charge in [0.1, 0.15) is 18.1 Å². The zero-order chi connectivity index (χ0) is 24.4. The van der Waals surface area contributed by atoms with Crippen LogP contribution >= 0.6 is 0 Å². The number of imidazole rings is 1. The fourth-order valence-electron chi connectivity index (χ4n) is 4.63. The number of carbonyl (C=O) groups excluding carboxylic acids is 2. The molecule has 1 aliphatic heterocycles. The lowest BCUT2D eigenvalue weighted by Gasteiger charge is -2.20. The van der Waals surface area contributed by atoms with Crippen molar-refractivity contribution in [3.63, 3.8) is 0 Å². The van der Waals surface area contributed by atoms with E-state index in [0.29, 0.717) is 19.6 Å². The number of benzene rings is 3. The number of aromatic nitrogens is 2. The van der Waals surface area contributed by atoms with Crippen molar-refractivity contribution < 1.29 is 14.3 Å². The highest BCUT2D eigenvalue weighted by Gasteiger charge is 2.35. The Hall–Kier alpha value is -4.13. The van der Waals surface area contributed by atoms with Crippen LogP contribution in [0.4, 0.5) is 11.4 Å². The fraction of sp³-hybridized carbons (Fsp3) is 0.250. The van der Waals surface area contributed by atoms with Crippen LogP contribution in [-0.4, -0.2) is 41.6 Å². The van der Waals surface area contributed by atoms with Crippen LogP contribution in [0.3, 0.4) is 0 Å². The third kappa shape index (κ3) is 4.49. The molecule has 1 aliphatic rings. The van der Waals surface area contributed by atoms with E-state index in [1.165, 1.54) is 0 Å². The van der Waals surface area contributed by atoms with Gasteiger partial charge in [-0.2, -0.15) is 0 Å². The SMILES string of the molecule is CCOc1ccc(N2CC(c3nc4ccccc4n3CC(=O)N(C)c3ccccc3)CC2=O)cc1.